The van der Waals surface area contributed by atoms with Crippen molar-refractivity contribution in [1.82, 2.24) is 0 Å². The van der Waals surface area contributed by atoms with Gasteiger partial charge in [0.25, 0.3) is 0 Å². The van der Waals surface area contributed by atoms with E-state index in [2.05, 4.69) is 27.7 Å². The van der Waals surface area contributed by atoms with Gasteiger partial charge in [-0.1, -0.05) is 0 Å². The van der Waals surface area contributed by atoms with Crippen molar-refractivity contribution in [3.63, 3.8) is 0 Å². The highest BCUT2D eigenvalue weighted by molar-refractivity contribution is 4.82. The molecule has 0 amide bonds. The number of rotatable bonds is 8. The van der Waals surface area contributed by atoms with Crippen LogP contribution in [0.1, 0.15) is 34.1 Å². The maximum atomic E-state index is 5.95. The predicted octanol–water partition coefficient (Wildman–Crippen LogP) is 1.76. The molecule has 2 unspecified atom stereocenters. The summed E-state index contributed by atoms with van der Waals surface area (Å²) >= 11 is 0. The largest absolute Gasteiger partial charge is 0.373 e. The Morgan fingerprint density at radius 3 is 2.06 bits per heavy atom. The smallest absolute Gasteiger partial charge is 0.104 e. The second-order valence-electron chi connectivity index (χ2n) is 6.23. The molecule has 2 aliphatic rings. The minimum Gasteiger partial charge on any atom is -0.373 e. The summed E-state index contributed by atoms with van der Waals surface area (Å²) in [5.74, 6) is 0. The van der Waals surface area contributed by atoms with E-state index in [1.807, 2.05) is 0 Å². The lowest BCUT2D eigenvalue weighted by atomic mass is 10.0. The summed E-state index contributed by atoms with van der Waals surface area (Å²) in [5, 5.41) is 0. The van der Waals surface area contributed by atoms with E-state index in [1.165, 1.54) is 0 Å². The van der Waals surface area contributed by atoms with Crippen molar-refractivity contribution in [2.45, 2.75) is 57.5 Å². The zero-order chi connectivity index (χ0) is 12.5. The van der Waals surface area contributed by atoms with Gasteiger partial charge in [0.05, 0.1) is 43.7 Å². The first-order chi connectivity index (χ1) is 7.86. The maximum Gasteiger partial charge on any atom is 0.104 e. The van der Waals surface area contributed by atoms with Gasteiger partial charge >= 0.3 is 0 Å². The SMILES string of the molecule is CC(C)(COC(C)(C)CC1CO1)OCC1CO1. The third-order valence-corrected chi connectivity index (χ3v) is 2.99. The fourth-order valence-electron chi connectivity index (χ4n) is 1.69. The van der Waals surface area contributed by atoms with Crippen molar-refractivity contribution in [1.29, 1.82) is 0 Å². The van der Waals surface area contributed by atoms with Crippen LogP contribution in [0.3, 0.4) is 0 Å². The van der Waals surface area contributed by atoms with E-state index in [4.69, 9.17) is 18.9 Å². The third-order valence-electron chi connectivity index (χ3n) is 2.99. The Morgan fingerprint density at radius 2 is 1.53 bits per heavy atom. The highest BCUT2D eigenvalue weighted by atomic mass is 16.6. The van der Waals surface area contributed by atoms with Crippen LogP contribution in [-0.4, -0.2) is 49.8 Å². The zero-order valence-electron chi connectivity index (χ0n) is 11.3. The molecule has 0 aromatic carbocycles. The van der Waals surface area contributed by atoms with Crippen molar-refractivity contribution >= 4 is 0 Å². The van der Waals surface area contributed by atoms with E-state index >= 15 is 0 Å². The Morgan fingerprint density at radius 1 is 0.941 bits per heavy atom. The molecule has 0 radical (unpaired) electrons. The summed E-state index contributed by atoms with van der Waals surface area (Å²) in [5.41, 5.74) is -0.397. The fourth-order valence-corrected chi connectivity index (χ4v) is 1.69. The second-order valence-corrected chi connectivity index (χ2v) is 6.23. The molecular formula is C13H24O4. The van der Waals surface area contributed by atoms with Gasteiger partial charge in [-0.3, -0.25) is 0 Å². The highest BCUT2D eigenvalue weighted by Gasteiger charge is 2.34. The predicted molar refractivity (Wildman–Crippen MR) is 64.2 cm³/mol. The molecule has 2 aliphatic heterocycles. The Balaban J connectivity index is 1.66. The van der Waals surface area contributed by atoms with Gasteiger partial charge in [0.2, 0.25) is 0 Å². The third kappa shape index (κ3) is 5.34. The monoisotopic (exact) mass is 244 g/mol. The summed E-state index contributed by atoms with van der Waals surface area (Å²) < 4.78 is 22.1. The van der Waals surface area contributed by atoms with Gasteiger partial charge in [0, 0.05) is 6.42 Å². The molecule has 0 bridgehead atoms. The average molecular weight is 244 g/mol. The molecule has 2 fully saturated rings. The standard InChI is InChI=1S/C13H24O4/c1-12(2,5-10-6-14-10)17-9-13(3,4)16-8-11-7-15-11/h10-11H,5-9H2,1-4H3. The van der Waals surface area contributed by atoms with Crippen LogP contribution in [0.4, 0.5) is 0 Å². The van der Waals surface area contributed by atoms with E-state index < -0.39 is 0 Å². The first kappa shape index (κ1) is 13.3. The molecule has 4 heteroatoms. The van der Waals surface area contributed by atoms with Crippen molar-refractivity contribution < 1.29 is 18.9 Å². The minimum atomic E-state index is -0.256. The lowest BCUT2D eigenvalue weighted by molar-refractivity contribution is -0.125. The normalized spacial score (nSPS) is 28.2. The lowest BCUT2D eigenvalue weighted by Gasteiger charge is -2.31. The van der Waals surface area contributed by atoms with Crippen LogP contribution in [0.2, 0.25) is 0 Å². The van der Waals surface area contributed by atoms with E-state index in [1.54, 1.807) is 0 Å². The van der Waals surface area contributed by atoms with Gasteiger partial charge in [0.1, 0.15) is 6.10 Å². The number of epoxide rings is 2. The van der Waals surface area contributed by atoms with E-state index in [0.29, 0.717) is 25.4 Å². The summed E-state index contributed by atoms with van der Waals surface area (Å²) in [4.78, 5) is 0. The lowest BCUT2D eigenvalue weighted by Crippen LogP contribution is -2.38. The summed E-state index contributed by atoms with van der Waals surface area (Å²) in [6.45, 7) is 11.3. The van der Waals surface area contributed by atoms with E-state index in [0.717, 1.165) is 19.6 Å². The van der Waals surface area contributed by atoms with Gasteiger partial charge in [-0.25, -0.2) is 0 Å². The van der Waals surface area contributed by atoms with Gasteiger partial charge in [0.15, 0.2) is 0 Å². The molecule has 100 valence electrons. The molecule has 17 heavy (non-hydrogen) atoms. The van der Waals surface area contributed by atoms with Gasteiger partial charge < -0.3 is 18.9 Å². The topological polar surface area (TPSA) is 43.5 Å². The van der Waals surface area contributed by atoms with Crippen molar-refractivity contribution in [3.05, 3.63) is 0 Å². The molecule has 0 saturated carbocycles. The molecule has 0 spiro atoms. The number of hydrogen-bond acceptors (Lipinski definition) is 4. The molecule has 4 nitrogen and oxygen atoms in total. The summed E-state index contributed by atoms with van der Waals surface area (Å²) in [6.07, 6.45) is 1.66. The fraction of sp³-hybridized carbons (Fsp3) is 1.00. The molecular weight excluding hydrogens is 220 g/mol. The molecule has 2 rings (SSSR count). The first-order valence-corrected chi connectivity index (χ1v) is 6.37. The Kier molecular flexibility index (Phi) is 3.78. The van der Waals surface area contributed by atoms with Crippen LogP contribution in [0.5, 0.6) is 0 Å². The van der Waals surface area contributed by atoms with E-state index in [9.17, 15) is 0 Å². The average Bonchev–Trinajstić information content (AvgIpc) is 3.06. The Hall–Kier alpha value is -0.160. The van der Waals surface area contributed by atoms with Crippen molar-refractivity contribution in [2.24, 2.45) is 0 Å². The molecule has 0 aromatic rings. The maximum absolute atomic E-state index is 5.95. The highest BCUT2D eigenvalue weighted by Crippen LogP contribution is 2.27. The van der Waals surface area contributed by atoms with Crippen LogP contribution in [0.25, 0.3) is 0 Å². The molecule has 2 saturated heterocycles. The number of ether oxygens (including phenoxy) is 4. The van der Waals surface area contributed by atoms with Crippen LogP contribution in [-0.2, 0) is 18.9 Å². The van der Waals surface area contributed by atoms with Crippen LogP contribution < -0.4 is 0 Å². The first-order valence-electron chi connectivity index (χ1n) is 6.37. The minimum absolute atomic E-state index is 0.141. The van der Waals surface area contributed by atoms with Gasteiger partial charge in [-0.05, 0) is 27.7 Å². The Labute approximate surface area is 104 Å². The molecule has 0 aliphatic carbocycles. The molecule has 0 aromatic heterocycles. The van der Waals surface area contributed by atoms with Crippen LogP contribution in [0.15, 0.2) is 0 Å². The molecule has 2 atom stereocenters. The quantitative estimate of drug-likeness (QED) is 0.610. The van der Waals surface area contributed by atoms with Crippen molar-refractivity contribution in [3.8, 4) is 0 Å². The van der Waals surface area contributed by atoms with Crippen molar-refractivity contribution in [2.75, 3.05) is 26.4 Å². The van der Waals surface area contributed by atoms with Crippen LogP contribution in [0, 0.1) is 0 Å². The van der Waals surface area contributed by atoms with Crippen LogP contribution >= 0.6 is 0 Å². The second kappa shape index (κ2) is 4.84. The molecule has 2 heterocycles. The molecule has 0 N–H and O–H groups in total. The summed E-state index contributed by atoms with van der Waals surface area (Å²) in [7, 11) is 0. The van der Waals surface area contributed by atoms with Gasteiger partial charge in [-0.15, -0.1) is 0 Å². The van der Waals surface area contributed by atoms with Gasteiger partial charge in [-0.2, -0.15) is 0 Å². The Bertz CT molecular complexity index is 254. The number of hydrogen-bond donors (Lipinski definition) is 0. The summed E-state index contributed by atoms with van der Waals surface area (Å²) in [6, 6.07) is 0. The zero-order valence-corrected chi connectivity index (χ0v) is 11.3. The van der Waals surface area contributed by atoms with E-state index in [-0.39, 0.29) is 11.2 Å².